The first-order chi connectivity index (χ1) is 6.79. The largest absolute Gasteiger partial charge is 0.395 e. The molecule has 1 amide bonds. The Morgan fingerprint density at radius 1 is 1.50 bits per heavy atom. The zero-order valence-corrected chi connectivity index (χ0v) is 8.83. The van der Waals surface area contributed by atoms with E-state index in [1.807, 2.05) is 0 Å². The highest BCUT2D eigenvalue weighted by Gasteiger charge is 2.28. The highest BCUT2D eigenvalue weighted by atomic mass is 16.3. The van der Waals surface area contributed by atoms with E-state index in [-0.39, 0.29) is 18.4 Å². The zero-order chi connectivity index (χ0) is 10.4. The Bertz CT molecular complexity index is 181. The van der Waals surface area contributed by atoms with Crippen LogP contribution in [0.15, 0.2) is 0 Å². The summed E-state index contributed by atoms with van der Waals surface area (Å²) in [5, 5.41) is 11.9. The van der Waals surface area contributed by atoms with Crippen LogP contribution in [-0.4, -0.2) is 48.7 Å². The van der Waals surface area contributed by atoms with Gasteiger partial charge in [-0.1, -0.05) is 13.3 Å². The number of nitrogens with one attached hydrogen (secondary N) is 1. The van der Waals surface area contributed by atoms with Gasteiger partial charge >= 0.3 is 0 Å². The van der Waals surface area contributed by atoms with E-state index in [9.17, 15) is 4.79 Å². The molecule has 4 nitrogen and oxygen atoms in total. The number of rotatable bonds is 6. The first kappa shape index (κ1) is 11.5. The van der Waals surface area contributed by atoms with Crippen molar-refractivity contribution >= 4 is 5.91 Å². The minimum absolute atomic E-state index is 0.0651. The molecule has 0 aromatic rings. The first-order valence-corrected chi connectivity index (χ1v) is 5.40. The maximum atomic E-state index is 11.8. The summed E-state index contributed by atoms with van der Waals surface area (Å²) < 4.78 is 0. The molecule has 0 radical (unpaired) electrons. The molecule has 0 saturated carbocycles. The molecule has 1 aliphatic rings. The minimum Gasteiger partial charge on any atom is -0.395 e. The molecule has 0 bridgehead atoms. The summed E-state index contributed by atoms with van der Waals surface area (Å²) in [6, 6.07) is 0. The lowest BCUT2D eigenvalue weighted by atomic mass is 10.0. The molecule has 0 aromatic carbocycles. The highest BCUT2D eigenvalue weighted by molar-refractivity contribution is 5.80. The Hall–Kier alpha value is -0.610. The third kappa shape index (κ3) is 2.96. The summed E-state index contributed by atoms with van der Waals surface area (Å²) in [4.78, 5) is 13.6. The molecule has 2 N–H and O–H groups in total. The van der Waals surface area contributed by atoms with E-state index in [1.54, 1.807) is 4.90 Å². The summed E-state index contributed by atoms with van der Waals surface area (Å²) in [6.07, 6.45) is 2.10. The molecule has 1 rings (SSSR count). The second kappa shape index (κ2) is 5.98. The Kier molecular flexibility index (Phi) is 4.90. The maximum Gasteiger partial charge on any atom is 0.228 e. The van der Waals surface area contributed by atoms with Crippen LogP contribution in [0.1, 0.15) is 19.8 Å². The second-order valence-electron chi connectivity index (χ2n) is 3.76. The van der Waals surface area contributed by atoms with E-state index in [0.29, 0.717) is 6.54 Å². The van der Waals surface area contributed by atoms with Crippen molar-refractivity contribution < 1.29 is 9.90 Å². The molecule has 0 atom stereocenters. The smallest absolute Gasteiger partial charge is 0.228 e. The molecule has 1 aliphatic heterocycles. The Morgan fingerprint density at radius 2 is 2.21 bits per heavy atom. The van der Waals surface area contributed by atoms with Gasteiger partial charge in [-0.25, -0.2) is 0 Å². The van der Waals surface area contributed by atoms with Gasteiger partial charge in [0.15, 0.2) is 0 Å². The predicted molar refractivity (Wildman–Crippen MR) is 54.9 cm³/mol. The Morgan fingerprint density at radius 3 is 2.64 bits per heavy atom. The number of aliphatic hydroxyl groups excluding tert-OH is 1. The number of carbonyl (C=O) groups excluding carboxylic acids is 1. The maximum absolute atomic E-state index is 11.8. The summed E-state index contributed by atoms with van der Waals surface area (Å²) in [5.74, 6) is 0.352. The molecule has 0 aliphatic carbocycles. The van der Waals surface area contributed by atoms with Gasteiger partial charge in [-0.2, -0.15) is 0 Å². The van der Waals surface area contributed by atoms with Gasteiger partial charge in [0.2, 0.25) is 5.91 Å². The van der Waals surface area contributed by atoms with Gasteiger partial charge in [-0.3, -0.25) is 4.79 Å². The van der Waals surface area contributed by atoms with Crippen LogP contribution in [0, 0.1) is 5.92 Å². The normalized spacial score (nSPS) is 16.4. The summed E-state index contributed by atoms with van der Waals surface area (Å²) in [6.45, 7) is 5.03. The van der Waals surface area contributed by atoms with Crippen molar-refractivity contribution in [1.29, 1.82) is 0 Å². The molecule has 0 spiro atoms. The molecular weight excluding hydrogens is 180 g/mol. The Balaban J connectivity index is 2.34. The predicted octanol–water partition coefficient (Wildman–Crippen LogP) is -0.173. The van der Waals surface area contributed by atoms with Crippen LogP contribution in [-0.2, 0) is 4.79 Å². The van der Waals surface area contributed by atoms with Crippen molar-refractivity contribution in [1.82, 2.24) is 10.2 Å². The molecule has 1 saturated heterocycles. The lowest BCUT2D eigenvalue weighted by Gasteiger charge is -2.32. The van der Waals surface area contributed by atoms with Crippen LogP contribution in [0.25, 0.3) is 0 Å². The number of nitrogens with zero attached hydrogens (tertiary/aromatic N) is 1. The lowest BCUT2D eigenvalue weighted by molar-refractivity contribution is -0.137. The van der Waals surface area contributed by atoms with Gasteiger partial charge in [-0.05, 0) is 6.42 Å². The van der Waals surface area contributed by atoms with Crippen molar-refractivity contribution in [2.75, 3.05) is 32.8 Å². The van der Waals surface area contributed by atoms with Crippen LogP contribution in [0.3, 0.4) is 0 Å². The van der Waals surface area contributed by atoms with Gasteiger partial charge in [0.25, 0.3) is 0 Å². The summed E-state index contributed by atoms with van der Waals surface area (Å²) >= 11 is 0. The lowest BCUT2D eigenvalue weighted by Crippen LogP contribution is -2.52. The fraction of sp³-hybridized carbons (Fsp3) is 0.900. The van der Waals surface area contributed by atoms with Crippen molar-refractivity contribution in [3.05, 3.63) is 0 Å². The SMILES string of the molecule is CCCCN(CCO)C(=O)C1CNC1. The van der Waals surface area contributed by atoms with Crippen LogP contribution in [0.2, 0.25) is 0 Å². The van der Waals surface area contributed by atoms with Crippen molar-refractivity contribution in [2.24, 2.45) is 5.92 Å². The van der Waals surface area contributed by atoms with Crippen molar-refractivity contribution in [3.63, 3.8) is 0 Å². The zero-order valence-electron chi connectivity index (χ0n) is 8.83. The minimum atomic E-state index is 0.0651. The van der Waals surface area contributed by atoms with Crippen molar-refractivity contribution in [2.45, 2.75) is 19.8 Å². The van der Waals surface area contributed by atoms with E-state index in [2.05, 4.69) is 12.2 Å². The molecule has 1 fully saturated rings. The van der Waals surface area contributed by atoms with Gasteiger partial charge in [0, 0.05) is 26.2 Å². The van der Waals surface area contributed by atoms with Crippen LogP contribution < -0.4 is 5.32 Å². The van der Waals surface area contributed by atoms with Gasteiger partial charge in [0.05, 0.1) is 12.5 Å². The van der Waals surface area contributed by atoms with Gasteiger partial charge < -0.3 is 15.3 Å². The molecule has 82 valence electrons. The first-order valence-electron chi connectivity index (χ1n) is 5.40. The van der Waals surface area contributed by atoms with E-state index in [0.717, 1.165) is 32.5 Å². The van der Waals surface area contributed by atoms with Crippen LogP contribution in [0.4, 0.5) is 0 Å². The number of aliphatic hydroxyl groups is 1. The summed E-state index contributed by atoms with van der Waals surface area (Å²) in [5.41, 5.74) is 0. The monoisotopic (exact) mass is 200 g/mol. The van der Waals surface area contributed by atoms with Crippen LogP contribution in [0.5, 0.6) is 0 Å². The third-order valence-corrected chi connectivity index (χ3v) is 2.59. The molecule has 0 aromatic heterocycles. The topological polar surface area (TPSA) is 52.6 Å². The average Bonchev–Trinajstić information content (AvgIpc) is 2.09. The molecule has 14 heavy (non-hydrogen) atoms. The fourth-order valence-electron chi connectivity index (χ4n) is 1.52. The Labute approximate surface area is 85.3 Å². The standard InChI is InChI=1S/C10H20N2O2/c1-2-3-4-12(5-6-13)10(14)9-7-11-8-9/h9,11,13H,2-8H2,1H3. The number of hydrogen-bond acceptors (Lipinski definition) is 3. The highest BCUT2D eigenvalue weighted by Crippen LogP contribution is 2.08. The van der Waals surface area contributed by atoms with E-state index in [4.69, 9.17) is 5.11 Å². The number of amides is 1. The quantitative estimate of drug-likeness (QED) is 0.626. The van der Waals surface area contributed by atoms with Gasteiger partial charge in [0.1, 0.15) is 0 Å². The number of hydrogen-bond donors (Lipinski definition) is 2. The summed E-state index contributed by atoms with van der Waals surface area (Å²) in [7, 11) is 0. The molecule has 0 unspecified atom stereocenters. The second-order valence-corrected chi connectivity index (χ2v) is 3.76. The third-order valence-electron chi connectivity index (χ3n) is 2.59. The van der Waals surface area contributed by atoms with Crippen LogP contribution >= 0.6 is 0 Å². The number of carbonyl (C=O) groups is 1. The van der Waals surface area contributed by atoms with E-state index < -0.39 is 0 Å². The van der Waals surface area contributed by atoms with E-state index in [1.165, 1.54) is 0 Å². The van der Waals surface area contributed by atoms with E-state index >= 15 is 0 Å². The van der Waals surface area contributed by atoms with Gasteiger partial charge in [-0.15, -0.1) is 0 Å². The van der Waals surface area contributed by atoms with Crippen molar-refractivity contribution in [3.8, 4) is 0 Å². The average molecular weight is 200 g/mol. The molecule has 1 heterocycles. The fourth-order valence-corrected chi connectivity index (χ4v) is 1.52. The molecule has 4 heteroatoms. The number of unbranched alkanes of at least 4 members (excludes halogenated alkanes) is 1. The molecular formula is C10H20N2O2.